The second-order valence-corrected chi connectivity index (χ2v) is 8.93. The van der Waals surface area contributed by atoms with Gasteiger partial charge in [-0.3, -0.25) is 4.98 Å². The first kappa shape index (κ1) is 22.8. The molecule has 10 heteroatoms. The third kappa shape index (κ3) is 5.15. The zero-order chi connectivity index (χ0) is 23.8. The number of hydrogen-bond donors (Lipinski definition) is 1. The highest BCUT2D eigenvalue weighted by Gasteiger charge is 2.31. The number of pyridine rings is 1. The van der Waals surface area contributed by atoms with Crippen LogP contribution in [0.5, 0.6) is 0 Å². The summed E-state index contributed by atoms with van der Waals surface area (Å²) in [5.41, 5.74) is 0.112. The number of amides is 1. The number of carbonyl (C=O) groups is 1. The number of rotatable bonds is 3. The Morgan fingerprint density at radius 1 is 1.12 bits per heavy atom. The molecule has 0 bridgehead atoms. The fourth-order valence-electron chi connectivity index (χ4n) is 3.67. The van der Waals surface area contributed by atoms with Crippen LogP contribution in [-0.4, -0.2) is 50.9 Å². The minimum atomic E-state index is -4.41. The minimum absolute atomic E-state index is 0.0489. The van der Waals surface area contributed by atoms with Crippen LogP contribution in [0.4, 0.5) is 23.8 Å². The van der Waals surface area contributed by atoms with Crippen LogP contribution >= 0.6 is 0 Å². The van der Waals surface area contributed by atoms with Crippen molar-refractivity contribution in [2.45, 2.75) is 45.0 Å². The summed E-state index contributed by atoms with van der Waals surface area (Å²) in [6.45, 7) is 6.48. The first-order valence-electron chi connectivity index (χ1n) is 10.5. The number of fused-ring (bicyclic) bond motifs is 1. The Morgan fingerprint density at radius 3 is 2.52 bits per heavy atom. The molecule has 7 nitrogen and oxygen atoms in total. The van der Waals surface area contributed by atoms with E-state index in [0.717, 1.165) is 12.1 Å². The summed E-state index contributed by atoms with van der Waals surface area (Å²) >= 11 is 0. The molecular formula is C23H24F3N5O2. The van der Waals surface area contributed by atoms with Crippen molar-refractivity contribution in [2.24, 2.45) is 0 Å². The molecular weight excluding hydrogens is 435 g/mol. The van der Waals surface area contributed by atoms with Crippen LogP contribution in [0.3, 0.4) is 0 Å². The monoisotopic (exact) mass is 459 g/mol. The van der Waals surface area contributed by atoms with Crippen LogP contribution in [0.25, 0.3) is 22.2 Å². The van der Waals surface area contributed by atoms with Gasteiger partial charge in [0.05, 0.1) is 5.56 Å². The number of benzene rings is 1. The molecule has 1 N–H and O–H groups in total. The van der Waals surface area contributed by atoms with Crippen molar-refractivity contribution in [1.82, 2.24) is 20.1 Å². The van der Waals surface area contributed by atoms with Gasteiger partial charge in [-0.25, -0.2) is 4.79 Å². The quantitative estimate of drug-likeness (QED) is 0.585. The van der Waals surface area contributed by atoms with Crippen molar-refractivity contribution >= 4 is 22.8 Å². The highest BCUT2D eigenvalue weighted by Crippen LogP contribution is 2.33. The predicted octanol–water partition coefficient (Wildman–Crippen LogP) is 5.13. The molecule has 1 atom stereocenters. The first-order chi connectivity index (χ1) is 15.5. The number of likely N-dealkylation sites (tertiary alicyclic amines) is 1. The molecule has 1 aliphatic rings. The van der Waals surface area contributed by atoms with E-state index in [4.69, 9.17) is 4.74 Å². The number of nitrogens with one attached hydrogen (secondary N) is 1. The highest BCUT2D eigenvalue weighted by atomic mass is 19.4. The van der Waals surface area contributed by atoms with Crippen molar-refractivity contribution in [3.63, 3.8) is 0 Å². The number of anilines is 1. The molecule has 0 saturated carbocycles. The molecule has 2 aromatic heterocycles. The summed E-state index contributed by atoms with van der Waals surface area (Å²) in [5.74, 6) is 0.504. The third-order valence-electron chi connectivity index (χ3n) is 5.20. The standard InChI is InChI=1S/C23H24F3N5O2/c1-22(2,3)33-21(32)31-12-10-16(13-31)28-20-17-5-4-11-27-19(17)18(29-30-20)14-6-8-15(9-7-14)23(24,25)26/h4-9,11,16H,10,12-13H2,1-3H3,(H,28,30)/t16-/m0/s1. The molecule has 1 fully saturated rings. The fraction of sp³-hybridized carbons (Fsp3) is 0.391. The largest absolute Gasteiger partial charge is 0.444 e. The summed E-state index contributed by atoms with van der Waals surface area (Å²) < 4.78 is 44.1. The Balaban J connectivity index is 1.56. The molecule has 174 valence electrons. The maximum absolute atomic E-state index is 12.9. The molecule has 0 radical (unpaired) electrons. The van der Waals surface area contributed by atoms with E-state index in [-0.39, 0.29) is 12.1 Å². The summed E-state index contributed by atoms with van der Waals surface area (Å²) in [6.07, 6.45) is -2.46. The van der Waals surface area contributed by atoms with E-state index in [1.165, 1.54) is 12.1 Å². The van der Waals surface area contributed by atoms with E-state index < -0.39 is 17.3 Å². The van der Waals surface area contributed by atoms with Gasteiger partial charge in [0.1, 0.15) is 16.8 Å². The van der Waals surface area contributed by atoms with E-state index in [0.29, 0.717) is 47.5 Å². The van der Waals surface area contributed by atoms with Crippen molar-refractivity contribution < 1.29 is 22.7 Å². The lowest BCUT2D eigenvalue weighted by Gasteiger charge is -2.24. The van der Waals surface area contributed by atoms with Crippen LogP contribution in [0.15, 0.2) is 42.6 Å². The van der Waals surface area contributed by atoms with Gasteiger partial charge in [-0.15, -0.1) is 10.2 Å². The van der Waals surface area contributed by atoms with Gasteiger partial charge in [0.15, 0.2) is 5.82 Å². The Kier molecular flexibility index (Phi) is 5.85. The van der Waals surface area contributed by atoms with Gasteiger partial charge in [0.2, 0.25) is 0 Å². The molecule has 1 aliphatic heterocycles. The van der Waals surface area contributed by atoms with Crippen LogP contribution in [-0.2, 0) is 10.9 Å². The number of nitrogens with zero attached hydrogens (tertiary/aromatic N) is 4. The summed E-state index contributed by atoms with van der Waals surface area (Å²) in [7, 11) is 0. The van der Waals surface area contributed by atoms with Gasteiger partial charge in [0, 0.05) is 36.3 Å². The van der Waals surface area contributed by atoms with Crippen molar-refractivity contribution in [3.05, 3.63) is 48.2 Å². The van der Waals surface area contributed by atoms with Gasteiger partial charge in [-0.05, 0) is 51.5 Å². The molecule has 1 saturated heterocycles. The fourth-order valence-corrected chi connectivity index (χ4v) is 3.67. The average Bonchev–Trinajstić information content (AvgIpc) is 3.21. The number of alkyl halides is 3. The van der Waals surface area contributed by atoms with E-state index in [1.54, 1.807) is 17.2 Å². The van der Waals surface area contributed by atoms with Crippen molar-refractivity contribution in [2.75, 3.05) is 18.4 Å². The molecule has 0 spiro atoms. The van der Waals surface area contributed by atoms with Crippen LogP contribution in [0.2, 0.25) is 0 Å². The first-order valence-corrected chi connectivity index (χ1v) is 10.5. The number of ether oxygens (including phenoxy) is 1. The number of carbonyl (C=O) groups excluding carboxylic acids is 1. The maximum Gasteiger partial charge on any atom is 0.416 e. The normalized spacial score (nSPS) is 16.8. The molecule has 4 rings (SSSR count). The van der Waals surface area contributed by atoms with Crippen molar-refractivity contribution in [3.8, 4) is 11.3 Å². The second kappa shape index (κ2) is 8.49. The van der Waals surface area contributed by atoms with Crippen LogP contribution < -0.4 is 5.32 Å². The summed E-state index contributed by atoms with van der Waals surface area (Å²) in [6, 6.07) is 8.30. The molecule has 33 heavy (non-hydrogen) atoms. The van der Waals surface area contributed by atoms with Gasteiger partial charge >= 0.3 is 12.3 Å². The smallest absolute Gasteiger partial charge is 0.416 e. The maximum atomic E-state index is 12.9. The predicted molar refractivity (Wildman–Crippen MR) is 118 cm³/mol. The number of hydrogen-bond acceptors (Lipinski definition) is 6. The Morgan fingerprint density at radius 2 is 1.85 bits per heavy atom. The van der Waals surface area contributed by atoms with Crippen molar-refractivity contribution in [1.29, 1.82) is 0 Å². The molecule has 1 amide bonds. The molecule has 0 unspecified atom stereocenters. The van der Waals surface area contributed by atoms with Gasteiger partial charge in [0.25, 0.3) is 0 Å². The lowest BCUT2D eigenvalue weighted by Crippen LogP contribution is -2.36. The van der Waals surface area contributed by atoms with Crippen LogP contribution in [0, 0.1) is 0 Å². The third-order valence-corrected chi connectivity index (χ3v) is 5.20. The average molecular weight is 459 g/mol. The van der Waals surface area contributed by atoms with Gasteiger partial charge in [-0.2, -0.15) is 13.2 Å². The van der Waals surface area contributed by atoms with Gasteiger partial charge in [-0.1, -0.05) is 12.1 Å². The molecule has 3 heterocycles. The second-order valence-electron chi connectivity index (χ2n) is 8.93. The SMILES string of the molecule is CC(C)(C)OC(=O)N1CC[C@H](Nc2nnc(-c3ccc(C(F)(F)F)cc3)c3ncccc23)C1. The lowest BCUT2D eigenvalue weighted by atomic mass is 10.1. The zero-order valence-electron chi connectivity index (χ0n) is 18.5. The Labute approximate surface area is 189 Å². The van der Waals surface area contributed by atoms with Gasteiger partial charge < -0.3 is 15.0 Å². The molecule has 1 aromatic carbocycles. The van der Waals surface area contributed by atoms with Crippen LogP contribution in [0.1, 0.15) is 32.8 Å². The number of aromatic nitrogens is 3. The Hall–Kier alpha value is -3.43. The van der Waals surface area contributed by atoms with E-state index in [1.807, 2.05) is 26.8 Å². The number of halogens is 3. The topological polar surface area (TPSA) is 80.2 Å². The zero-order valence-corrected chi connectivity index (χ0v) is 18.5. The Bertz CT molecular complexity index is 1160. The lowest BCUT2D eigenvalue weighted by molar-refractivity contribution is -0.137. The molecule has 0 aliphatic carbocycles. The summed E-state index contributed by atoms with van der Waals surface area (Å²) in [4.78, 5) is 18.4. The van der Waals surface area contributed by atoms with E-state index in [2.05, 4.69) is 20.5 Å². The molecule has 3 aromatic rings. The highest BCUT2D eigenvalue weighted by molar-refractivity contribution is 5.97. The summed E-state index contributed by atoms with van der Waals surface area (Å²) in [5, 5.41) is 12.6. The van der Waals surface area contributed by atoms with E-state index in [9.17, 15) is 18.0 Å². The minimum Gasteiger partial charge on any atom is -0.444 e. The van der Waals surface area contributed by atoms with E-state index >= 15 is 0 Å².